The summed E-state index contributed by atoms with van der Waals surface area (Å²) in [5, 5.41) is 6.94. The lowest BCUT2D eigenvalue weighted by Gasteiger charge is -2.25. The van der Waals surface area contributed by atoms with Crippen LogP contribution in [0.25, 0.3) is 10.2 Å². The summed E-state index contributed by atoms with van der Waals surface area (Å²) in [6.45, 7) is 3.25. The van der Waals surface area contributed by atoms with Crippen LogP contribution in [0.3, 0.4) is 0 Å². The van der Waals surface area contributed by atoms with Gasteiger partial charge in [0.05, 0.1) is 35.0 Å². The number of ether oxygens (including phenoxy) is 1. The SMILES string of the molecule is O=C(CCCCc1nc2ccccc2s1)Nc1ccc(NC(=O)CN2CCOCC2)cc1. The number of nitrogens with zero attached hydrogens (tertiary/aromatic N) is 2. The van der Waals surface area contributed by atoms with Crippen molar-refractivity contribution in [3.63, 3.8) is 0 Å². The molecule has 2 amide bonds. The maximum Gasteiger partial charge on any atom is 0.238 e. The summed E-state index contributed by atoms with van der Waals surface area (Å²) in [5.41, 5.74) is 2.50. The number of carbonyl (C=O) groups excluding carboxylic acids is 2. The normalized spacial score (nSPS) is 14.4. The summed E-state index contributed by atoms with van der Waals surface area (Å²) in [6.07, 6.45) is 3.12. The molecule has 1 aliphatic rings. The molecular weight excluding hydrogens is 424 g/mol. The van der Waals surface area contributed by atoms with Gasteiger partial charge >= 0.3 is 0 Å². The number of hydrogen-bond donors (Lipinski definition) is 2. The van der Waals surface area contributed by atoms with E-state index >= 15 is 0 Å². The molecule has 1 aromatic heterocycles. The quantitative estimate of drug-likeness (QED) is 0.481. The van der Waals surface area contributed by atoms with Gasteiger partial charge in [0, 0.05) is 30.9 Å². The molecule has 2 aromatic carbocycles. The maximum absolute atomic E-state index is 12.2. The van der Waals surface area contributed by atoms with Crippen molar-refractivity contribution in [3.05, 3.63) is 53.5 Å². The molecule has 3 aromatic rings. The molecule has 0 atom stereocenters. The highest BCUT2D eigenvalue weighted by Gasteiger charge is 2.14. The van der Waals surface area contributed by atoms with Gasteiger partial charge in [-0.2, -0.15) is 0 Å². The van der Waals surface area contributed by atoms with Gasteiger partial charge in [0.1, 0.15) is 0 Å². The minimum Gasteiger partial charge on any atom is -0.379 e. The maximum atomic E-state index is 12.2. The number of unbranched alkanes of at least 4 members (excludes halogenated alkanes) is 1. The van der Waals surface area contributed by atoms with Gasteiger partial charge < -0.3 is 15.4 Å². The molecule has 7 nitrogen and oxygen atoms in total. The Morgan fingerprint density at radius 3 is 2.34 bits per heavy atom. The van der Waals surface area contributed by atoms with Gasteiger partial charge in [0.2, 0.25) is 11.8 Å². The largest absolute Gasteiger partial charge is 0.379 e. The van der Waals surface area contributed by atoms with Crippen molar-refractivity contribution in [2.45, 2.75) is 25.7 Å². The van der Waals surface area contributed by atoms with Crippen molar-refractivity contribution in [2.24, 2.45) is 0 Å². The second kappa shape index (κ2) is 11.2. The number of fused-ring (bicyclic) bond motifs is 1. The molecule has 0 spiro atoms. The molecule has 4 rings (SSSR count). The first-order valence-electron chi connectivity index (χ1n) is 11.0. The zero-order valence-electron chi connectivity index (χ0n) is 18.0. The molecule has 0 saturated carbocycles. The summed E-state index contributed by atoms with van der Waals surface area (Å²) < 4.78 is 6.51. The molecule has 0 aliphatic carbocycles. The van der Waals surface area contributed by atoms with E-state index in [0.29, 0.717) is 26.2 Å². The third kappa shape index (κ3) is 6.59. The van der Waals surface area contributed by atoms with Crippen molar-refractivity contribution in [1.82, 2.24) is 9.88 Å². The van der Waals surface area contributed by atoms with Crippen LogP contribution in [0.1, 0.15) is 24.3 Å². The van der Waals surface area contributed by atoms with Crippen LogP contribution in [0.5, 0.6) is 0 Å². The topological polar surface area (TPSA) is 83.6 Å². The lowest BCUT2D eigenvalue weighted by molar-refractivity contribution is -0.118. The first kappa shape index (κ1) is 22.4. The highest BCUT2D eigenvalue weighted by Crippen LogP contribution is 2.23. The lowest BCUT2D eigenvalue weighted by Crippen LogP contribution is -2.41. The Morgan fingerprint density at radius 1 is 0.938 bits per heavy atom. The van der Waals surface area contributed by atoms with Gasteiger partial charge in [-0.15, -0.1) is 11.3 Å². The molecule has 2 heterocycles. The minimum atomic E-state index is -0.0446. The standard InChI is InChI=1S/C24H28N4O3S/c29-22(7-3-4-8-24-27-20-5-1-2-6-21(20)32-24)25-18-9-11-19(12-10-18)26-23(30)17-28-13-15-31-16-14-28/h1-2,5-6,9-12H,3-4,7-8,13-17H2,(H,25,29)(H,26,30). The number of para-hydroxylation sites is 1. The Balaban J connectivity index is 1.15. The van der Waals surface area contributed by atoms with E-state index in [4.69, 9.17) is 4.74 Å². The van der Waals surface area contributed by atoms with Gasteiger partial charge in [0.15, 0.2) is 0 Å². The molecule has 0 unspecified atom stereocenters. The molecule has 0 radical (unpaired) electrons. The molecule has 2 N–H and O–H groups in total. The first-order chi connectivity index (χ1) is 15.7. The fraction of sp³-hybridized carbons (Fsp3) is 0.375. The number of morpholine rings is 1. The monoisotopic (exact) mass is 452 g/mol. The van der Waals surface area contributed by atoms with Crippen LogP contribution < -0.4 is 10.6 Å². The fourth-order valence-electron chi connectivity index (χ4n) is 3.61. The second-order valence-electron chi connectivity index (χ2n) is 7.84. The van der Waals surface area contributed by atoms with Crippen LogP contribution >= 0.6 is 11.3 Å². The Bertz CT molecular complexity index is 1010. The number of hydrogen-bond acceptors (Lipinski definition) is 6. The average Bonchev–Trinajstić information content (AvgIpc) is 3.22. The number of amides is 2. The van der Waals surface area contributed by atoms with Crippen molar-refractivity contribution >= 4 is 44.7 Å². The Labute approximate surface area is 191 Å². The summed E-state index contributed by atoms with van der Waals surface area (Å²) >= 11 is 1.72. The molecule has 0 bridgehead atoms. The number of nitrogens with one attached hydrogen (secondary N) is 2. The van der Waals surface area contributed by atoms with Gasteiger partial charge in [-0.3, -0.25) is 14.5 Å². The lowest BCUT2D eigenvalue weighted by atomic mass is 10.2. The van der Waals surface area contributed by atoms with Gasteiger partial charge in [-0.1, -0.05) is 12.1 Å². The first-order valence-corrected chi connectivity index (χ1v) is 11.8. The molecule has 1 fully saturated rings. The van der Waals surface area contributed by atoms with Crippen LogP contribution in [-0.2, 0) is 20.7 Å². The van der Waals surface area contributed by atoms with E-state index in [1.165, 1.54) is 4.70 Å². The van der Waals surface area contributed by atoms with E-state index in [9.17, 15) is 9.59 Å². The second-order valence-corrected chi connectivity index (χ2v) is 8.96. The third-order valence-electron chi connectivity index (χ3n) is 5.31. The van der Waals surface area contributed by atoms with E-state index in [-0.39, 0.29) is 11.8 Å². The van der Waals surface area contributed by atoms with Crippen LogP contribution in [0, 0.1) is 0 Å². The predicted octanol–water partition coefficient (Wildman–Crippen LogP) is 3.92. The van der Waals surface area contributed by atoms with Gasteiger partial charge in [-0.25, -0.2) is 4.98 Å². The minimum absolute atomic E-state index is 0.00148. The number of rotatable bonds is 9. The number of carbonyl (C=O) groups is 2. The number of aryl methyl sites for hydroxylation is 1. The third-order valence-corrected chi connectivity index (χ3v) is 6.40. The molecular formula is C24H28N4O3S. The zero-order chi connectivity index (χ0) is 22.2. The summed E-state index contributed by atoms with van der Waals surface area (Å²) in [7, 11) is 0. The Kier molecular flexibility index (Phi) is 7.82. The highest BCUT2D eigenvalue weighted by atomic mass is 32.1. The van der Waals surface area contributed by atoms with Crippen LogP contribution in [-0.4, -0.2) is 54.5 Å². The van der Waals surface area contributed by atoms with Crippen molar-refractivity contribution in [2.75, 3.05) is 43.5 Å². The van der Waals surface area contributed by atoms with E-state index < -0.39 is 0 Å². The summed E-state index contributed by atoms with van der Waals surface area (Å²) in [4.78, 5) is 31.1. The molecule has 168 valence electrons. The Morgan fingerprint density at radius 2 is 1.62 bits per heavy atom. The smallest absolute Gasteiger partial charge is 0.238 e. The van der Waals surface area contributed by atoms with E-state index in [2.05, 4.69) is 26.6 Å². The zero-order valence-corrected chi connectivity index (χ0v) is 18.8. The highest BCUT2D eigenvalue weighted by molar-refractivity contribution is 7.18. The average molecular weight is 453 g/mol. The van der Waals surface area contributed by atoms with E-state index in [0.717, 1.165) is 54.3 Å². The predicted molar refractivity (Wildman–Crippen MR) is 128 cm³/mol. The number of benzene rings is 2. The number of anilines is 2. The van der Waals surface area contributed by atoms with Crippen molar-refractivity contribution < 1.29 is 14.3 Å². The summed E-state index contributed by atoms with van der Waals surface area (Å²) in [6, 6.07) is 15.4. The number of thiazole rings is 1. The van der Waals surface area contributed by atoms with Crippen molar-refractivity contribution in [1.29, 1.82) is 0 Å². The fourth-order valence-corrected chi connectivity index (χ4v) is 4.62. The van der Waals surface area contributed by atoms with E-state index in [1.807, 2.05) is 30.3 Å². The van der Waals surface area contributed by atoms with Crippen molar-refractivity contribution in [3.8, 4) is 0 Å². The summed E-state index contributed by atoms with van der Waals surface area (Å²) in [5.74, 6) is -0.0461. The van der Waals surface area contributed by atoms with Gasteiger partial charge in [-0.05, 0) is 55.7 Å². The van der Waals surface area contributed by atoms with E-state index in [1.54, 1.807) is 23.5 Å². The Hall–Kier alpha value is -2.81. The van der Waals surface area contributed by atoms with Crippen LogP contribution in [0.4, 0.5) is 11.4 Å². The molecule has 1 saturated heterocycles. The van der Waals surface area contributed by atoms with Crippen LogP contribution in [0.2, 0.25) is 0 Å². The van der Waals surface area contributed by atoms with Crippen LogP contribution in [0.15, 0.2) is 48.5 Å². The van der Waals surface area contributed by atoms with Gasteiger partial charge in [0.25, 0.3) is 0 Å². The molecule has 1 aliphatic heterocycles. The molecule has 8 heteroatoms. The number of aromatic nitrogens is 1. The molecule has 32 heavy (non-hydrogen) atoms.